The minimum Gasteiger partial charge on any atom is -0.396 e. The van der Waals surface area contributed by atoms with E-state index in [-0.39, 0.29) is 24.5 Å². The first-order valence-corrected chi connectivity index (χ1v) is 6.52. The quantitative estimate of drug-likeness (QED) is 0.688. The van der Waals surface area contributed by atoms with E-state index in [2.05, 4.69) is 10.3 Å². The third-order valence-electron chi connectivity index (χ3n) is 2.64. The molecule has 2 unspecified atom stereocenters. The van der Waals surface area contributed by atoms with Crippen molar-refractivity contribution in [2.75, 3.05) is 13.2 Å². The number of aromatic nitrogens is 1. The van der Waals surface area contributed by atoms with Crippen molar-refractivity contribution in [2.45, 2.75) is 26.3 Å². The van der Waals surface area contributed by atoms with Crippen molar-refractivity contribution >= 4 is 17.2 Å². The standard InChI is InChI=1S/C11H19N3O2S/c1-7(5-15)8(2)13-11(16)9-6-17-10(14-9)3-4-12/h6-8,15H,3-5,12H2,1-2H3,(H,13,16). The average Bonchev–Trinajstić information content (AvgIpc) is 2.77. The van der Waals surface area contributed by atoms with E-state index in [1.54, 1.807) is 5.38 Å². The topological polar surface area (TPSA) is 88.2 Å². The number of nitrogens with zero attached hydrogens (tertiary/aromatic N) is 1. The number of nitrogens with two attached hydrogens (primary N) is 1. The van der Waals surface area contributed by atoms with Crippen LogP contribution in [0.25, 0.3) is 0 Å². The zero-order chi connectivity index (χ0) is 12.8. The van der Waals surface area contributed by atoms with Gasteiger partial charge in [-0.05, 0) is 19.4 Å². The molecule has 0 spiro atoms. The molecule has 1 aromatic rings. The zero-order valence-corrected chi connectivity index (χ0v) is 11.0. The largest absolute Gasteiger partial charge is 0.396 e. The van der Waals surface area contributed by atoms with Gasteiger partial charge in [-0.3, -0.25) is 4.79 Å². The van der Waals surface area contributed by atoms with Gasteiger partial charge in [-0.2, -0.15) is 0 Å². The Morgan fingerprint density at radius 2 is 2.35 bits per heavy atom. The predicted molar refractivity (Wildman–Crippen MR) is 68.1 cm³/mol. The maximum absolute atomic E-state index is 11.8. The van der Waals surface area contributed by atoms with Crippen LogP contribution < -0.4 is 11.1 Å². The SMILES string of the molecule is CC(CO)C(C)NC(=O)c1csc(CCN)n1. The van der Waals surface area contributed by atoms with Gasteiger partial charge >= 0.3 is 0 Å². The molecule has 1 rings (SSSR count). The number of aliphatic hydroxyl groups excluding tert-OH is 1. The Morgan fingerprint density at radius 1 is 1.65 bits per heavy atom. The van der Waals surface area contributed by atoms with E-state index in [1.807, 2.05) is 13.8 Å². The molecule has 0 aliphatic heterocycles. The normalized spacial score (nSPS) is 14.4. The number of amides is 1. The van der Waals surface area contributed by atoms with Crippen molar-refractivity contribution in [3.63, 3.8) is 0 Å². The Labute approximate surface area is 105 Å². The highest BCUT2D eigenvalue weighted by molar-refractivity contribution is 7.09. The van der Waals surface area contributed by atoms with Crippen molar-refractivity contribution < 1.29 is 9.90 Å². The summed E-state index contributed by atoms with van der Waals surface area (Å²) < 4.78 is 0. The number of thiazole rings is 1. The molecule has 4 N–H and O–H groups in total. The smallest absolute Gasteiger partial charge is 0.270 e. The van der Waals surface area contributed by atoms with Gasteiger partial charge in [0.1, 0.15) is 5.69 Å². The van der Waals surface area contributed by atoms with Gasteiger partial charge in [0.15, 0.2) is 0 Å². The highest BCUT2D eigenvalue weighted by Gasteiger charge is 2.16. The molecule has 6 heteroatoms. The molecular formula is C11H19N3O2S. The Hall–Kier alpha value is -0.980. The molecule has 17 heavy (non-hydrogen) atoms. The van der Waals surface area contributed by atoms with Gasteiger partial charge in [0.05, 0.1) is 5.01 Å². The van der Waals surface area contributed by atoms with Crippen LogP contribution in [-0.4, -0.2) is 35.2 Å². The van der Waals surface area contributed by atoms with Crippen molar-refractivity contribution in [2.24, 2.45) is 11.7 Å². The second-order valence-corrected chi connectivity index (χ2v) is 5.03. The van der Waals surface area contributed by atoms with Gasteiger partial charge in [-0.1, -0.05) is 6.92 Å². The second-order valence-electron chi connectivity index (χ2n) is 4.09. The fraction of sp³-hybridized carbons (Fsp3) is 0.636. The van der Waals surface area contributed by atoms with E-state index in [4.69, 9.17) is 10.8 Å². The van der Waals surface area contributed by atoms with Gasteiger partial charge in [-0.15, -0.1) is 11.3 Å². The summed E-state index contributed by atoms with van der Waals surface area (Å²) in [6, 6.07) is -0.0767. The van der Waals surface area contributed by atoms with Crippen LogP contribution in [0, 0.1) is 5.92 Å². The Bertz CT molecular complexity index is 367. The molecule has 0 bridgehead atoms. The highest BCUT2D eigenvalue weighted by Crippen LogP contribution is 2.10. The molecule has 0 radical (unpaired) electrons. The summed E-state index contributed by atoms with van der Waals surface area (Å²) in [5, 5.41) is 14.4. The molecule has 5 nitrogen and oxygen atoms in total. The Balaban J connectivity index is 2.57. The van der Waals surface area contributed by atoms with Gasteiger partial charge in [-0.25, -0.2) is 4.98 Å². The summed E-state index contributed by atoms with van der Waals surface area (Å²) in [6.07, 6.45) is 0.695. The molecule has 0 aliphatic rings. The van der Waals surface area contributed by atoms with Gasteiger partial charge in [0.2, 0.25) is 0 Å². The highest BCUT2D eigenvalue weighted by atomic mass is 32.1. The van der Waals surface area contributed by atoms with Crippen LogP contribution in [-0.2, 0) is 6.42 Å². The third kappa shape index (κ3) is 4.07. The molecular weight excluding hydrogens is 238 g/mol. The van der Waals surface area contributed by atoms with Gasteiger partial charge < -0.3 is 16.2 Å². The maximum Gasteiger partial charge on any atom is 0.270 e. The minimum atomic E-state index is -0.197. The van der Waals surface area contributed by atoms with Crippen LogP contribution >= 0.6 is 11.3 Å². The average molecular weight is 257 g/mol. The second kappa shape index (κ2) is 6.68. The molecule has 1 aromatic heterocycles. The van der Waals surface area contributed by atoms with E-state index in [0.717, 1.165) is 5.01 Å². The van der Waals surface area contributed by atoms with Gasteiger partial charge in [0.25, 0.3) is 5.91 Å². The molecule has 2 atom stereocenters. The summed E-state index contributed by atoms with van der Waals surface area (Å²) in [4.78, 5) is 16.0. The summed E-state index contributed by atoms with van der Waals surface area (Å²) in [6.45, 7) is 4.33. The molecule has 0 saturated heterocycles. The van der Waals surface area contributed by atoms with Crippen LogP contribution in [0.15, 0.2) is 5.38 Å². The maximum atomic E-state index is 11.8. The van der Waals surface area contributed by atoms with Crippen LogP contribution in [0.5, 0.6) is 0 Å². The molecule has 0 aliphatic carbocycles. The van der Waals surface area contributed by atoms with Crippen LogP contribution in [0.1, 0.15) is 29.3 Å². The van der Waals surface area contributed by atoms with Crippen molar-refractivity contribution in [3.05, 3.63) is 16.1 Å². The predicted octanol–water partition coefficient (Wildman–Crippen LogP) is 0.391. The van der Waals surface area contributed by atoms with Crippen LogP contribution in [0.4, 0.5) is 0 Å². The van der Waals surface area contributed by atoms with E-state index < -0.39 is 0 Å². The first kappa shape index (κ1) is 14.1. The number of nitrogens with one attached hydrogen (secondary N) is 1. The molecule has 0 aromatic carbocycles. The van der Waals surface area contributed by atoms with E-state index in [0.29, 0.717) is 18.7 Å². The molecule has 96 valence electrons. The van der Waals surface area contributed by atoms with Gasteiger partial charge in [0, 0.05) is 24.4 Å². The third-order valence-corrected chi connectivity index (χ3v) is 3.55. The molecule has 1 heterocycles. The number of carbonyl (C=O) groups excluding carboxylic acids is 1. The van der Waals surface area contributed by atoms with E-state index in [9.17, 15) is 4.79 Å². The lowest BCUT2D eigenvalue weighted by Crippen LogP contribution is -2.38. The first-order chi connectivity index (χ1) is 8.08. The van der Waals surface area contributed by atoms with Crippen molar-refractivity contribution in [3.8, 4) is 0 Å². The number of aliphatic hydroxyl groups is 1. The summed E-state index contributed by atoms with van der Waals surface area (Å²) in [5.74, 6) is -0.168. The van der Waals surface area contributed by atoms with Crippen molar-refractivity contribution in [1.29, 1.82) is 0 Å². The summed E-state index contributed by atoms with van der Waals surface area (Å²) >= 11 is 1.44. The first-order valence-electron chi connectivity index (χ1n) is 5.64. The fourth-order valence-electron chi connectivity index (χ4n) is 1.23. The molecule has 1 amide bonds. The Morgan fingerprint density at radius 3 is 2.94 bits per heavy atom. The zero-order valence-electron chi connectivity index (χ0n) is 10.1. The number of rotatable bonds is 6. The van der Waals surface area contributed by atoms with Crippen molar-refractivity contribution in [1.82, 2.24) is 10.3 Å². The van der Waals surface area contributed by atoms with E-state index >= 15 is 0 Å². The van der Waals surface area contributed by atoms with E-state index in [1.165, 1.54) is 11.3 Å². The number of carbonyl (C=O) groups is 1. The van der Waals surface area contributed by atoms with Crippen LogP contribution in [0.3, 0.4) is 0 Å². The molecule has 0 fully saturated rings. The monoisotopic (exact) mass is 257 g/mol. The van der Waals surface area contributed by atoms with Crippen LogP contribution in [0.2, 0.25) is 0 Å². The fourth-order valence-corrected chi connectivity index (χ4v) is 2.03. The number of hydrogen-bond acceptors (Lipinski definition) is 5. The Kier molecular flexibility index (Phi) is 5.54. The lowest BCUT2D eigenvalue weighted by molar-refractivity contribution is 0.0911. The molecule has 0 saturated carbocycles. The summed E-state index contributed by atoms with van der Waals surface area (Å²) in [7, 11) is 0. The summed E-state index contributed by atoms with van der Waals surface area (Å²) in [5.41, 5.74) is 5.85. The lowest BCUT2D eigenvalue weighted by Gasteiger charge is -2.18. The minimum absolute atomic E-state index is 0.0288. The lowest BCUT2D eigenvalue weighted by atomic mass is 10.1. The number of hydrogen-bond donors (Lipinski definition) is 3.